The summed E-state index contributed by atoms with van der Waals surface area (Å²) in [5, 5.41) is 2.00. The van der Waals surface area contributed by atoms with Crippen LogP contribution in [0.1, 0.15) is 15.9 Å². The van der Waals surface area contributed by atoms with Gasteiger partial charge in [0, 0.05) is 43.9 Å². The van der Waals surface area contributed by atoms with Crippen LogP contribution in [0.15, 0.2) is 66.7 Å². The maximum atomic E-state index is 13.1. The maximum Gasteiger partial charge on any atom is 0.254 e. The number of carbonyl (C=O) groups is 2. The van der Waals surface area contributed by atoms with Gasteiger partial charge < -0.3 is 19.3 Å². The lowest BCUT2D eigenvalue weighted by Crippen LogP contribution is -2.50. The molecule has 0 atom stereocenters. The highest BCUT2D eigenvalue weighted by molar-refractivity contribution is 6.07. The Labute approximate surface area is 187 Å². The Morgan fingerprint density at radius 1 is 0.812 bits per heavy atom. The summed E-state index contributed by atoms with van der Waals surface area (Å²) in [6.07, 6.45) is 3.30. The summed E-state index contributed by atoms with van der Waals surface area (Å²) in [4.78, 5) is 29.4. The number of methoxy groups -OCH3 is 2. The molecule has 3 aromatic carbocycles. The molecular weight excluding hydrogens is 404 g/mol. The molecule has 0 N–H and O–H groups in total. The SMILES string of the molecule is COc1cc(/C=C/C(=O)N2CCN(C(=O)c3cccc4ccccc34)CC2)cc(OC)c1. The highest BCUT2D eigenvalue weighted by Gasteiger charge is 2.24. The van der Waals surface area contributed by atoms with Crippen LogP contribution in [-0.2, 0) is 4.79 Å². The van der Waals surface area contributed by atoms with Crippen LogP contribution in [0.25, 0.3) is 16.8 Å². The van der Waals surface area contributed by atoms with Crippen molar-refractivity contribution in [2.75, 3.05) is 40.4 Å². The minimum atomic E-state index is -0.0796. The van der Waals surface area contributed by atoms with E-state index in [4.69, 9.17) is 9.47 Å². The molecule has 164 valence electrons. The number of fused-ring (bicyclic) bond motifs is 1. The molecule has 0 aliphatic carbocycles. The van der Waals surface area contributed by atoms with E-state index in [0.29, 0.717) is 43.2 Å². The summed E-state index contributed by atoms with van der Waals surface area (Å²) < 4.78 is 10.5. The molecule has 6 heteroatoms. The van der Waals surface area contributed by atoms with Gasteiger partial charge in [-0.25, -0.2) is 0 Å². The van der Waals surface area contributed by atoms with Crippen LogP contribution in [0.3, 0.4) is 0 Å². The van der Waals surface area contributed by atoms with Gasteiger partial charge in [-0.2, -0.15) is 0 Å². The van der Waals surface area contributed by atoms with Crippen molar-refractivity contribution < 1.29 is 19.1 Å². The Balaban J connectivity index is 1.40. The van der Waals surface area contributed by atoms with Gasteiger partial charge in [0.05, 0.1) is 14.2 Å². The van der Waals surface area contributed by atoms with E-state index in [0.717, 1.165) is 16.3 Å². The van der Waals surface area contributed by atoms with E-state index in [9.17, 15) is 9.59 Å². The molecule has 4 rings (SSSR count). The molecule has 1 heterocycles. The van der Waals surface area contributed by atoms with Crippen molar-refractivity contribution in [3.8, 4) is 11.5 Å². The molecular formula is C26H26N2O4. The first-order valence-electron chi connectivity index (χ1n) is 10.6. The molecule has 3 aromatic rings. The summed E-state index contributed by atoms with van der Waals surface area (Å²) in [5.41, 5.74) is 1.52. The van der Waals surface area contributed by atoms with Crippen LogP contribution in [0.4, 0.5) is 0 Å². The van der Waals surface area contributed by atoms with Crippen molar-refractivity contribution in [1.82, 2.24) is 9.80 Å². The second-order valence-electron chi connectivity index (χ2n) is 7.62. The lowest BCUT2D eigenvalue weighted by molar-refractivity contribution is -0.127. The van der Waals surface area contributed by atoms with Gasteiger partial charge in [-0.05, 0) is 40.6 Å². The second-order valence-corrected chi connectivity index (χ2v) is 7.62. The summed E-state index contributed by atoms with van der Waals surface area (Å²) in [7, 11) is 3.18. The zero-order valence-electron chi connectivity index (χ0n) is 18.3. The molecule has 1 fully saturated rings. The minimum Gasteiger partial charge on any atom is -0.497 e. The molecule has 0 aromatic heterocycles. The molecule has 32 heavy (non-hydrogen) atoms. The summed E-state index contributed by atoms with van der Waals surface area (Å²) in [6.45, 7) is 2.02. The van der Waals surface area contributed by atoms with Crippen molar-refractivity contribution >= 4 is 28.7 Å². The number of rotatable bonds is 5. The predicted molar refractivity (Wildman–Crippen MR) is 125 cm³/mol. The first-order chi connectivity index (χ1) is 15.6. The van der Waals surface area contributed by atoms with E-state index >= 15 is 0 Å². The lowest BCUT2D eigenvalue weighted by Gasteiger charge is -2.34. The number of hydrogen-bond donors (Lipinski definition) is 0. The van der Waals surface area contributed by atoms with E-state index in [1.54, 1.807) is 37.3 Å². The molecule has 0 unspecified atom stereocenters. The summed E-state index contributed by atoms with van der Waals surface area (Å²) in [6, 6.07) is 19.1. The normalized spacial score (nSPS) is 14.1. The van der Waals surface area contributed by atoms with Crippen molar-refractivity contribution in [3.05, 3.63) is 77.9 Å². The monoisotopic (exact) mass is 430 g/mol. The zero-order valence-corrected chi connectivity index (χ0v) is 18.3. The Morgan fingerprint density at radius 3 is 2.12 bits per heavy atom. The fourth-order valence-electron chi connectivity index (χ4n) is 3.91. The number of carbonyl (C=O) groups excluding carboxylic acids is 2. The predicted octanol–water partition coefficient (Wildman–Crippen LogP) is 3.85. The van der Waals surface area contributed by atoms with E-state index in [1.807, 2.05) is 59.5 Å². The van der Waals surface area contributed by atoms with Crippen LogP contribution in [0.2, 0.25) is 0 Å². The maximum absolute atomic E-state index is 13.1. The Kier molecular flexibility index (Phi) is 6.40. The number of piperazine rings is 1. The first-order valence-corrected chi connectivity index (χ1v) is 10.6. The van der Waals surface area contributed by atoms with Gasteiger partial charge in [-0.15, -0.1) is 0 Å². The second kappa shape index (κ2) is 9.56. The Morgan fingerprint density at radius 2 is 1.44 bits per heavy atom. The summed E-state index contributed by atoms with van der Waals surface area (Å²) in [5.74, 6) is 1.26. The summed E-state index contributed by atoms with van der Waals surface area (Å²) >= 11 is 0. The van der Waals surface area contributed by atoms with Crippen molar-refractivity contribution in [2.45, 2.75) is 0 Å². The average Bonchev–Trinajstić information content (AvgIpc) is 2.86. The average molecular weight is 431 g/mol. The molecule has 6 nitrogen and oxygen atoms in total. The quantitative estimate of drug-likeness (QED) is 0.577. The third kappa shape index (κ3) is 4.59. The van der Waals surface area contributed by atoms with Crippen LogP contribution < -0.4 is 9.47 Å². The Bertz CT molecular complexity index is 1140. The number of amides is 2. The molecule has 0 radical (unpaired) electrons. The molecule has 1 aliphatic rings. The van der Waals surface area contributed by atoms with E-state index in [-0.39, 0.29) is 11.8 Å². The van der Waals surface area contributed by atoms with Crippen molar-refractivity contribution in [1.29, 1.82) is 0 Å². The smallest absolute Gasteiger partial charge is 0.254 e. The number of nitrogens with zero attached hydrogens (tertiary/aromatic N) is 2. The molecule has 1 saturated heterocycles. The largest absolute Gasteiger partial charge is 0.497 e. The van der Waals surface area contributed by atoms with Crippen LogP contribution in [-0.4, -0.2) is 62.0 Å². The van der Waals surface area contributed by atoms with Crippen LogP contribution in [0.5, 0.6) is 11.5 Å². The van der Waals surface area contributed by atoms with Gasteiger partial charge in [0.15, 0.2) is 0 Å². The highest BCUT2D eigenvalue weighted by atomic mass is 16.5. The van der Waals surface area contributed by atoms with E-state index < -0.39 is 0 Å². The van der Waals surface area contributed by atoms with Gasteiger partial charge >= 0.3 is 0 Å². The van der Waals surface area contributed by atoms with Gasteiger partial charge in [0.1, 0.15) is 11.5 Å². The Hall–Kier alpha value is -3.80. The minimum absolute atomic E-state index is 0.00733. The zero-order chi connectivity index (χ0) is 22.5. The lowest BCUT2D eigenvalue weighted by atomic mass is 10.0. The molecule has 1 aliphatic heterocycles. The van der Waals surface area contributed by atoms with Gasteiger partial charge in [-0.1, -0.05) is 36.4 Å². The van der Waals surface area contributed by atoms with E-state index in [1.165, 1.54) is 0 Å². The molecule has 0 saturated carbocycles. The van der Waals surface area contributed by atoms with E-state index in [2.05, 4.69) is 0 Å². The van der Waals surface area contributed by atoms with Gasteiger partial charge in [0.2, 0.25) is 5.91 Å². The topological polar surface area (TPSA) is 59.1 Å². The molecule has 0 bridgehead atoms. The fourth-order valence-corrected chi connectivity index (χ4v) is 3.91. The van der Waals surface area contributed by atoms with Crippen LogP contribution >= 0.6 is 0 Å². The number of ether oxygens (including phenoxy) is 2. The standard InChI is InChI=1S/C26H26N2O4/c1-31-21-16-19(17-22(18-21)32-2)10-11-25(29)27-12-14-28(15-13-27)26(30)24-9-5-7-20-6-3-4-8-23(20)24/h3-11,16-18H,12-15H2,1-2H3/b11-10+. The fraction of sp³-hybridized carbons (Fsp3) is 0.231. The number of hydrogen-bond acceptors (Lipinski definition) is 4. The third-order valence-electron chi connectivity index (χ3n) is 5.69. The first kappa shape index (κ1) is 21.4. The highest BCUT2D eigenvalue weighted by Crippen LogP contribution is 2.24. The van der Waals surface area contributed by atoms with Crippen LogP contribution in [0, 0.1) is 0 Å². The van der Waals surface area contributed by atoms with Crippen molar-refractivity contribution in [2.24, 2.45) is 0 Å². The van der Waals surface area contributed by atoms with Gasteiger partial charge in [-0.3, -0.25) is 9.59 Å². The van der Waals surface area contributed by atoms with Crippen molar-refractivity contribution in [3.63, 3.8) is 0 Å². The molecule has 0 spiro atoms. The molecule has 2 amide bonds. The van der Waals surface area contributed by atoms with Gasteiger partial charge in [0.25, 0.3) is 5.91 Å². The number of benzene rings is 3. The third-order valence-corrected chi connectivity index (χ3v) is 5.69.